The average Bonchev–Trinajstić information content (AvgIpc) is 3.15. The van der Waals surface area contributed by atoms with Gasteiger partial charge < -0.3 is 14.1 Å². The lowest BCUT2D eigenvalue weighted by atomic mass is 10.2. The highest BCUT2D eigenvalue weighted by Gasteiger charge is 2.38. The Balaban J connectivity index is 1.98. The van der Waals surface area contributed by atoms with Crippen LogP contribution in [-0.4, -0.2) is 49.3 Å². The third kappa shape index (κ3) is 4.97. The molecule has 1 aromatic rings. The molecule has 1 atom stereocenters. The van der Waals surface area contributed by atoms with E-state index in [-0.39, 0.29) is 25.3 Å². The van der Waals surface area contributed by atoms with E-state index in [9.17, 15) is 18.0 Å². The Morgan fingerprint density at radius 3 is 2.60 bits per heavy atom. The van der Waals surface area contributed by atoms with Gasteiger partial charge in [0, 0.05) is 19.5 Å². The fourth-order valence-corrected chi connectivity index (χ4v) is 3.74. The summed E-state index contributed by atoms with van der Waals surface area (Å²) in [6.07, 6.45) is 0.281. The second kappa shape index (κ2) is 7.07. The van der Waals surface area contributed by atoms with E-state index in [1.54, 1.807) is 26.8 Å². The fourth-order valence-electron chi connectivity index (χ4n) is 2.43. The van der Waals surface area contributed by atoms with Gasteiger partial charge in [-0.05, 0) is 39.3 Å². The smallest absolute Gasteiger partial charge is 0.410 e. The highest BCUT2D eigenvalue weighted by atomic mass is 32.2. The minimum absolute atomic E-state index is 0.0180. The SMILES string of the molecule is CCc1ccc(C(=O)NS(=O)(=O)C2CCN(C(=O)OC(C)(C)C)C2)o1. The van der Waals surface area contributed by atoms with Crippen molar-refractivity contribution in [3.8, 4) is 0 Å². The summed E-state index contributed by atoms with van der Waals surface area (Å²) in [6.45, 7) is 7.32. The molecule has 1 fully saturated rings. The molecule has 25 heavy (non-hydrogen) atoms. The number of likely N-dealkylation sites (tertiary alicyclic amines) is 1. The van der Waals surface area contributed by atoms with Gasteiger partial charge in [0.1, 0.15) is 11.4 Å². The van der Waals surface area contributed by atoms with Crippen LogP contribution in [0.5, 0.6) is 0 Å². The second-order valence-electron chi connectivity index (χ2n) is 6.93. The standard InChI is InChI=1S/C16H24N2O6S/c1-5-11-6-7-13(23-11)14(19)17-25(21,22)12-8-9-18(10-12)15(20)24-16(2,3)4/h6-7,12H,5,8-10H2,1-4H3,(H,17,19). The minimum atomic E-state index is -3.92. The minimum Gasteiger partial charge on any atom is -0.456 e. The summed E-state index contributed by atoms with van der Waals surface area (Å²) < 4.78 is 37.3. The topological polar surface area (TPSA) is 106 Å². The monoisotopic (exact) mass is 372 g/mol. The van der Waals surface area contributed by atoms with Gasteiger partial charge in [0.05, 0.1) is 5.25 Å². The van der Waals surface area contributed by atoms with Crippen LogP contribution in [0.3, 0.4) is 0 Å². The predicted octanol–water partition coefficient (Wildman–Crippen LogP) is 1.91. The molecular weight excluding hydrogens is 348 g/mol. The summed E-state index contributed by atoms with van der Waals surface area (Å²) in [7, 11) is -3.92. The van der Waals surface area contributed by atoms with Gasteiger partial charge in [0.2, 0.25) is 10.0 Å². The Bertz CT molecular complexity index is 747. The van der Waals surface area contributed by atoms with Crippen molar-refractivity contribution >= 4 is 22.0 Å². The highest BCUT2D eigenvalue weighted by molar-refractivity contribution is 7.90. The van der Waals surface area contributed by atoms with E-state index in [4.69, 9.17) is 9.15 Å². The van der Waals surface area contributed by atoms with Crippen molar-refractivity contribution in [1.82, 2.24) is 9.62 Å². The predicted molar refractivity (Wildman–Crippen MR) is 90.7 cm³/mol. The number of carbonyl (C=O) groups is 2. The number of aryl methyl sites for hydroxylation is 1. The number of nitrogens with one attached hydrogen (secondary N) is 1. The molecule has 2 amide bonds. The van der Waals surface area contributed by atoms with Gasteiger partial charge in [-0.25, -0.2) is 17.9 Å². The molecule has 1 aliphatic rings. The van der Waals surface area contributed by atoms with E-state index in [2.05, 4.69) is 0 Å². The van der Waals surface area contributed by atoms with Crippen LogP contribution in [0.25, 0.3) is 0 Å². The Hall–Kier alpha value is -2.03. The molecule has 8 nitrogen and oxygen atoms in total. The maximum atomic E-state index is 12.4. The van der Waals surface area contributed by atoms with Gasteiger partial charge in [-0.2, -0.15) is 0 Å². The Morgan fingerprint density at radius 1 is 1.36 bits per heavy atom. The first-order valence-electron chi connectivity index (χ1n) is 8.14. The molecule has 1 aliphatic heterocycles. The van der Waals surface area contributed by atoms with Crippen molar-refractivity contribution in [2.24, 2.45) is 0 Å². The zero-order chi connectivity index (χ0) is 18.8. The van der Waals surface area contributed by atoms with Gasteiger partial charge in [-0.1, -0.05) is 6.92 Å². The number of sulfonamides is 1. The molecule has 0 bridgehead atoms. The maximum Gasteiger partial charge on any atom is 0.410 e. The highest BCUT2D eigenvalue weighted by Crippen LogP contribution is 2.20. The van der Waals surface area contributed by atoms with Crippen LogP contribution in [0.1, 0.15) is 50.4 Å². The van der Waals surface area contributed by atoms with Crippen molar-refractivity contribution < 1.29 is 27.2 Å². The molecule has 9 heteroatoms. The molecule has 1 unspecified atom stereocenters. The van der Waals surface area contributed by atoms with E-state index in [1.165, 1.54) is 11.0 Å². The number of ether oxygens (including phenoxy) is 1. The molecule has 0 aromatic carbocycles. The molecule has 1 saturated heterocycles. The average molecular weight is 372 g/mol. The quantitative estimate of drug-likeness (QED) is 0.865. The van der Waals surface area contributed by atoms with Crippen LogP contribution < -0.4 is 4.72 Å². The third-order valence-electron chi connectivity index (χ3n) is 3.70. The van der Waals surface area contributed by atoms with E-state index < -0.39 is 32.9 Å². The lowest BCUT2D eigenvalue weighted by molar-refractivity contribution is 0.0295. The first-order valence-corrected chi connectivity index (χ1v) is 9.69. The number of hydrogen-bond donors (Lipinski definition) is 1. The van der Waals surface area contributed by atoms with Crippen LogP contribution in [0.2, 0.25) is 0 Å². The molecule has 140 valence electrons. The number of nitrogens with zero attached hydrogens (tertiary/aromatic N) is 1. The fraction of sp³-hybridized carbons (Fsp3) is 0.625. The summed E-state index contributed by atoms with van der Waals surface area (Å²) in [5, 5.41) is -0.871. The zero-order valence-corrected chi connectivity index (χ0v) is 15.7. The maximum absolute atomic E-state index is 12.4. The summed E-state index contributed by atoms with van der Waals surface area (Å²) in [6, 6.07) is 3.06. The first-order chi connectivity index (χ1) is 11.5. The van der Waals surface area contributed by atoms with E-state index in [0.717, 1.165) is 0 Å². The van der Waals surface area contributed by atoms with Gasteiger partial charge in [-0.15, -0.1) is 0 Å². The lowest BCUT2D eigenvalue weighted by Crippen LogP contribution is -2.41. The molecule has 2 rings (SSSR count). The Kier molecular flexibility index (Phi) is 5.46. The number of hydrogen-bond acceptors (Lipinski definition) is 6. The van der Waals surface area contributed by atoms with Crippen molar-refractivity contribution in [3.63, 3.8) is 0 Å². The van der Waals surface area contributed by atoms with E-state index in [1.807, 2.05) is 11.6 Å². The number of rotatable bonds is 4. The van der Waals surface area contributed by atoms with Crippen molar-refractivity contribution in [3.05, 3.63) is 23.7 Å². The van der Waals surface area contributed by atoms with Crippen LogP contribution in [0, 0.1) is 0 Å². The molecule has 1 N–H and O–H groups in total. The summed E-state index contributed by atoms with van der Waals surface area (Å²) >= 11 is 0. The Morgan fingerprint density at radius 2 is 2.04 bits per heavy atom. The molecule has 0 radical (unpaired) electrons. The van der Waals surface area contributed by atoms with Crippen LogP contribution in [-0.2, 0) is 21.2 Å². The van der Waals surface area contributed by atoms with Gasteiger partial charge in [0.15, 0.2) is 5.76 Å². The number of furan rings is 1. The zero-order valence-electron chi connectivity index (χ0n) is 14.9. The lowest BCUT2D eigenvalue weighted by Gasteiger charge is -2.24. The molecule has 0 spiro atoms. The first kappa shape index (κ1) is 19.3. The summed E-state index contributed by atoms with van der Waals surface area (Å²) in [5.41, 5.74) is -0.654. The molecule has 2 heterocycles. The molecular formula is C16H24N2O6S. The number of amides is 2. The van der Waals surface area contributed by atoms with E-state index in [0.29, 0.717) is 12.2 Å². The second-order valence-corrected chi connectivity index (χ2v) is 8.89. The largest absolute Gasteiger partial charge is 0.456 e. The van der Waals surface area contributed by atoms with E-state index >= 15 is 0 Å². The van der Waals surface area contributed by atoms with Crippen molar-refractivity contribution in [1.29, 1.82) is 0 Å². The van der Waals surface area contributed by atoms with Crippen LogP contribution in [0.15, 0.2) is 16.5 Å². The molecule has 0 aliphatic carbocycles. The van der Waals surface area contributed by atoms with Crippen molar-refractivity contribution in [2.45, 2.75) is 51.4 Å². The van der Waals surface area contributed by atoms with Gasteiger partial charge in [-0.3, -0.25) is 4.79 Å². The van der Waals surface area contributed by atoms with Crippen molar-refractivity contribution in [2.75, 3.05) is 13.1 Å². The third-order valence-corrected chi connectivity index (χ3v) is 5.44. The molecule has 1 aromatic heterocycles. The Labute approximate surface area is 147 Å². The molecule has 0 saturated carbocycles. The summed E-state index contributed by atoms with van der Waals surface area (Å²) in [4.78, 5) is 25.4. The normalized spacial score (nSPS) is 18.2. The van der Waals surface area contributed by atoms with Crippen LogP contribution in [0.4, 0.5) is 4.79 Å². The summed E-state index contributed by atoms with van der Waals surface area (Å²) in [5.74, 6) is -0.266. The number of carbonyl (C=O) groups excluding carboxylic acids is 2. The van der Waals surface area contributed by atoms with Crippen LogP contribution >= 0.6 is 0 Å². The van der Waals surface area contributed by atoms with Gasteiger partial charge >= 0.3 is 6.09 Å². The van der Waals surface area contributed by atoms with Gasteiger partial charge in [0.25, 0.3) is 5.91 Å².